The lowest BCUT2D eigenvalue weighted by atomic mass is 10.1. The van der Waals surface area contributed by atoms with Crippen LogP contribution in [0.25, 0.3) is 0 Å². The Balaban J connectivity index is 2.83. The summed E-state index contributed by atoms with van der Waals surface area (Å²) in [5, 5.41) is 0. The average Bonchev–Trinajstić information content (AvgIpc) is 1.97. The molecule has 0 aliphatic carbocycles. The van der Waals surface area contributed by atoms with Crippen molar-refractivity contribution < 1.29 is 0 Å². The van der Waals surface area contributed by atoms with E-state index in [9.17, 15) is 0 Å². The second-order valence-electron chi connectivity index (χ2n) is 2.49. The maximum atomic E-state index is 4.77. The van der Waals surface area contributed by atoms with E-state index in [1.807, 2.05) is 0 Å². The molecule has 0 aromatic carbocycles. The monoisotopic (exact) mass is 157 g/mol. The van der Waals surface area contributed by atoms with Crippen molar-refractivity contribution in [2.75, 3.05) is 5.75 Å². The number of hydrogen-bond donors (Lipinski definition) is 0. The highest BCUT2D eigenvalue weighted by atomic mass is 32.1. The maximum Gasteiger partial charge on any atom is 0.0217 e. The van der Waals surface area contributed by atoms with Gasteiger partial charge in [-0.15, -0.1) is 0 Å². The molecule has 10 heavy (non-hydrogen) atoms. The molecular weight excluding hydrogens is 140 g/mol. The van der Waals surface area contributed by atoms with E-state index in [0.717, 1.165) is 5.75 Å². The van der Waals surface area contributed by atoms with Crippen LogP contribution in [0.1, 0.15) is 39.0 Å². The first-order chi connectivity index (χ1) is 4.91. The van der Waals surface area contributed by atoms with E-state index in [2.05, 4.69) is 19.1 Å². The van der Waals surface area contributed by atoms with Crippen molar-refractivity contribution in [3.8, 4) is 0 Å². The fourth-order valence-electron chi connectivity index (χ4n) is 0.875. The summed E-state index contributed by atoms with van der Waals surface area (Å²) >= 11 is 4.77. The predicted octanol–water partition coefficient (Wildman–Crippen LogP) is 3.71. The van der Waals surface area contributed by atoms with Crippen molar-refractivity contribution in [2.45, 2.75) is 39.0 Å². The first-order valence-electron chi connectivity index (χ1n) is 4.15. The number of hydrogen-bond acceptors (Lipinski definition) is 0. The Morgan fingerprint density at radius 2 is 1.90 bits per heavy atom. The minimum Gasteiger partial charge on any atom is -0.0897 e. The minimum absolute atomic E-state index is 0.772. The molecule has 0 heterocycles. The van der Waals surface area contributed by atoms with Crippen LogP contribution in [-0.2, 0) is 0 Å². The maximum absolute atomic E-state index is 4.77. The van der Waals surface area contributed by atoms with Gasteiger partial charge in [0, 0.05) is 5.75 Å². The topological polar surface area (TPSA) is 0 Å². The Kier molecular flexibility index (Phi) is 9.17. The number of allylic oxidation sites excluding steroid dienone is 1. The molecule has 0 saturated heterocycles. The van der Waals surface area contributed by atoms with E-state index in [-0.39, 0.29) is 0 Å². The van der Waals surface area contributed by atoms with Gasteiger partial charge < -0.3 is 0 Å². The van der Waals surface area contributed by atoms with Gasteiger partial charge in [0.2, 0.25) is 0 Å². The molecule has 0 rings (SSSR count). The lowest BCUT2D eigenvalue weighted by Gasteiger charge is -1.92. The average molecular weight is 157 g/mol. The predicted molar refractivity (Wildman–Crippen MR) is 50.4 cm³/mol. The van der Waals surface area contributed by atoms with Crippen LogP contribution in [0.4, 0.5) is 0 Å². The molecule has 0 N–H and O–H groups in total. The van der Waals surface area contributed by atoms with Gasteiger partial charge in [0.1, 0.15) is 0 Å². The summed E-state index contributed by atoms with van der Waals surface area (Å²) in [5.41, 5.74) is 0. The first kappa shape index (κ1) is 10.1. The second kappa shape index (κ2) is 9.09. The number of unbranched alkanes of at least 4 members (excludes halogenated alkanes) is 4. The van der Waals surface area contributed by atoms with Gasteiger partial charge in [0.05, 0.1) is 0 Å². The molecule has 0 spiro atoms. The van der Waals surface area contributed by atoms with E-state index in [1.54, 1.807) is 0 Å². The SMILES string of the molecule is CCCCCC/C=C/C[S]. The van der Waals surface area contributed by atoms with E-state index in [0.29, 0.717) is 0 Å². The zero-order chi connectivity index (χ0) is 7.66. The standard InChI is InChI=1S/C9H17S/c1-2-3-4-5-6-7-8-9-10/h7-8H,2-6,9H2,1H3/b8-7+. The van der Waals surface area contributed by atoms with Crippen LogP contribution >= 0.6 is 12.6 Å². The molecule has 0 nitrogen and oxygen atoms in total. The van der Waals surface area contributed by atoms with Gasteiger partial charge in [0.15, 0.2) is 0 Å². The van der Waals surface area contributed by atoms with Gasteiger partial charge in [-0.2, -0.15) is 0 Å². The van der Waals surface area contributed by atoms with Crippen LogP contribution in [0, 0.1) is 0 Å². The van der Waals surface area contributed by atoms with Crippen molar-refractivity contribution in [1.82, 2.24) is 0 Å². The highest BCUT2D eigenvalue weighted by Crippen LogP contribution is 2.02. The first-order valence-corrected chi connectivity index (χ1v) is 4.72. The molecular formula is C9H17S. The van der Waals surface area contributed by atoms with Gasteiger partial charge in [-0.05, 0) is 12.8 Å². The Morgan fingerprint density at radius 1 is 1.10 bits per heavy atom. The molecule has 0 aliphatic rings. The summed E-state index contributed by atoms with van der Waals surface area (Å²) in [5.74, 6) is 0.772. The van der Waals surface area contributed by atoms with Crippen LogP contribution in [0.15, 0.2) is 12.2 Å². The Bertz CT molecular complexity index is 76.8. The van der Waals surface area contributed by atoms with Crippen LogP contribution in [0.3, 0.4) is 0 Å². The third-order valence-corrected chi connectivity index (χ3v) is 1.68. The van der Waals surface area contributed by atoms with E-state index >= 15 is 0 Å². The van der Waals surface area contributed by atoms with Gasteiger partial charge in [-0.1, -0.05) is 51.0 Å². The molecule has 0 amide bonds. The molecule has 1 heteroatoms. The number of rotatable bonds is 6. The highest BCUT2D eigenvalue weighted by molar-refractivity contribution is 7.80. The molecule has 59 valence electrons. The molecule has 0 atom stereocenters. The van der Waals surface area contributed by atoms with Gasteiger partial charge in [-0.3, -0.25) is 0 Å². The third kappa shape index (κ3) is 8.09. The smallest absolute Gasteiger partial charge is 0.0217 e. The molecule has 0 aliphatic heterocycles. The molecule has 0 aromatic rings. The fraction of sp³-hybridized carbons (Fsp3) is 0.778. The van der Waals surface area contributed by atoms with Gasteiger partial charge >= 0.3 is 0 Å². The van der Waals surface area contributed by atoms with Crippen molar-refractivity contribution >= 4 is 12.6 Å². The van der Waals surface area contributed by atoms with Crippen molar-refractivity contribution in [3.63, 3.8) is 0 Å². The molecule has 1 radical (unpaired) electrons. The summed E-state index contributed by atoms with van der Waals surface area (Å²) in [4.78, 5) is 0. The van der Waals surface area contributed by atoms with Crippen molar-refractivity contribution in [1.29, 1.82) is 0 Å². The molecule has 0 saturated carbocycles. The fourth-order valence-corrected chi connectivity index (χ4v) is 1.01. The zero-order valence-corrected chi connectivity index (χ0v) is 7.62. The van der Waals surface area contributed by atoms with Crippen molar-refractivity contribution in [2.24, 2.45) is 0 Å². The lowest BCUT2D eigenvalue weighted by Crippen LogP contribution is -1.73. The van der Waals surface area contributed by atoms with E-state index in [4.69, 9.17) is 12.6 Å². The van der Waals surface area contributed by atoms with Gasteiger partial charge in [-0.25, -0.2) is 0 Å². The lowest BCUT2D eigenvalue weighted by molar-refractivity contribution is 0.674. The summed E-state index contributed by atoms with van der Waals surface area (Å²) in [6.07, 6.45) is 10.9. The molecule has 0 aromatic heterocycles. The van der Waals surface area contributed by atoms with E-state index < -0.39 is 0 Å². The zero-order valence-electron chi connectivity index (χ0n) is 6.81. The Hall–Kier alpha value is 0.0900. The molecule has 0 fully saturated rings. The van der Waals surface area contributed by atoms with Crippen LogP contribution in [-0.4, -0.2) is 5.75 Å². The Labute approximate surface area is 70.1 Å². The second-order valence-corrected chi connectivity index (χ2v) is 2.82. The highest BCUT2D eigenvalue weighted by Gasteiger charge is 1.82. The summed E-state index contributed by atoms with van der Waals surface area (Å²) in [6.45, 7) is 2.24. The third-order valence-electron chi connectivity index (χ3n) is 1.49. The Morgan fingerprint density at radius 3 is 2.50 bits per heavy atom. The summed E-state index contributed by atoms with van der Waals surface area (Å²) in [7, 11) is 0. The van der Waals surface area contributed by atoms with Crippen LogP contribution < -0.4 is 0 Å². The normalized spacial score (nSPS) is 11.0. The van der Waals surface area contributed by atoms with Crippen molar-refractivity contribution in [3.05, 3.63) is 12.2 Å². The molecule has 0 bridgehead atoms. The summed E-state index contributed by atoms with van der Waals surface area (Å²) < 4.78 is 0. The quantitative estimate of drug-likeness (QED) is 0.407. The van der Waals surface area contributed by atoms with Crippen LogP contribution in [0.5, 0.6) is 0 Å². The van der Waals surface area contributed by atoms with E-state index in [1.165, 1.54) is 32.1 Å². The summed E-state index contributed by atoms with van der Waals surface area (Å²) in [6, 6.07) is 0. The van der Waals surface area contributed by atoms with Crippen LogP contribution in [0.2, 0.25) is 0 Å². The molecule has 0 unspecified atom stereocenters. The minimum atomic E-state index is 0.772. The van der Waals surface area contributed by atoms with Gasteiger partial charge in [0.25, 0.3) is 0 Å². The largest absolute Gasteiger partial charge is 0.0897 e.